The van der Waals surface area contributed by atoms with Gasteiger partial charge in [0.15, 0.2) is 5.79 Å². The number of hydrogen-bond donors (Lipinski definition) is 2. The lowest BCUT2D eigenvalue weighted by molar-refractivity contribution is -0.195. The van der Waals surface area contributed by atoms with Gasteiger partial charge in [-0.25, -0.2) is 4.79 Å². The minimum Gasteiger partial charge on any atom is -0.348 e. The molecule has 3 atom stereocenters. The van der Waals surface area contributed by atoms with Crippen molar-refractivity contribution in [2.45, 2.75) is 71.1 Å². The van der Waals surface area contributed by atoms with E-state index in [1.165, 1.54) is 4.90 Å². The lowest BCUT2D eigenvalue weighted by Crippen LogP contribution is -2.57. The Morgan fingerprint density at radius 1 is 1.13 bits per heavy atom. The third-order valence-electron chi connectivity index (χ3n) is 7.20. The quantitative estimate of drug-likeness (QED) is 0.574. The monoisotopic (exact) mass is 438 g/mol. The van der Waals surface area contributed by atoms with Gasteiger partial charge in [-0.05, 0) is 38.3 Å². The Balaban J connectivity index is 1.57. The molecule has 0 aromatic rings. The van der Waals surface area contributed by atoms with Crippen molar-refractivity contribution < 1.29 is 19.1 Å². The van der Waals surface area contributed by atoms with Crippen LogP contribution in [0.15, 0.2) is 0 Å². The van der Waals surface area contributed by atoms with Crippen LogP contribution in [0.3, 0.4) is 0 Å². The number of carbonyl (C=O) groups is 2. The molecule has 178 valence electrons. The highest BCUT2D eigenvalue weighted by atomic mass is 16.7. The number of nitrogens with one attached hydrogen (secondary N) is 2. The minimum atomic E-state index is -0.447. The fourth-order valence-electron chi connectivity index (χ4n) is 5.27. The minimum absolute atomic E-state index is 0.0485. The third kappa shape index (κ3) is 6.18. The van der Waals surface area contributed by atoms with Crippen molar-refractivity contribution in [3.8, 4) is 0 Å². The summed E-state index contributed by atoms with van der Waals surface area (Å²) < 4.78 is 11.9. The number of likely N-dealkylation sites (N-methyl/N-ethyl adjacent to an activating group) is 1. The summed E-state index contributed by atoms with van der Waals surface area (Å²) in [5.74, 6) is -0.332. The maximum atomic E-state index is 13.4. The average molecular weight is 439 g/mol. The molecular weight excluding hydrogens is 396 g/mol. The normalized spacial score (nSPS) is 27.3. The van der Waals surface area contributed by atoms with Crippen LogP contribution in [0.1, 0.15) is 59.3 Å². The van der Waals surface area contributed by atoms with Gasteiger partial charge >= 0.3 is 6.03 Å². The van der Waals surface area contributed by atoms with E-state index in [1.807, 2.05) is 0 Å². The van der Waals surface area contributed by atoms with Crippen LogP contribution < -0.4 is 10.6 Å². The number of piperidine rings is 1. The van der Waals surface area contributed by atoms with E-state index in [0.717, 1.165) is 58.2 Å². The van der Waals surface area contributed by atoms with Crippen molar-refractivity contribution in [1.29, 1.82) is 0 Å². The Labute approximate surface area is 187 Å². The first kappa shape index (κ1) is 24.4. The lowest BCUT2D eigenvalue weighted by Gasteiger charge is -2.46. The molecule has 2 aliphatic heterocycles. The molecular formula is C23H42N4O4. The Morgan fingerprint density at radius 3 is 2.55 bits per heavy atom. The van der Waals surface area contributed by atoms with Gasteiger partial charge in [0, 0.05) is 45.1 Å². The van der Waals surface area contributed by atoms with Crippen LogP contribution in [0.4, 0.5) is 4.79 Å². The highest BCUT2D eigenvalue weighted by Gasteiger charge is 2.48. The summed E-state index contributed by atoms with van der Waals surface area (Å²) in [6.45, 7) is 12.0. The van der Waals surface area contributed by atoms with Gasteiger partial charge in [-0.15, -0.1) is 0 Å². The van der Waals surface area contributed by atoms with E-state index in [0.29, 0.717) is 44.8 Å². The van der Waals surface area contributed by atoms with Gasteiger partial charge in [0.25, 0.3) is 0 Å². The zero-order chi connectivity index (χ0) is 22.3. The number of ether oxygens (including phenoxy) is 2. The predicted octanol–water partition coefficient (Wildman–Crippen LogP) is 2.19. The molecule has 1 spiro atoms. The van der Waals surface area contributed by atoms with Crippen LogP contribution in [0.5, 0.6) is 0 Å². The van der Waals surface area contributed by atoms with Crippen molar-refractivity contribution >= 4 is 11.9 Å². The van der Waals surface area contributed by atoms with Crippen LogP contribution in [-0.2, 0) is 14.3 Å². The van der Waals surface area contributed by atoms with Crippen LogP contribution >= 0.6 is 0 Å². The molecule has 2 N–H and O–H groups in total. The number of urea groups is 1. The Bertz CT molecular complexity index is 592. The van der Waals surface area contributed by atoms with E-state index in [2.05, 4.69) is 36.3 Å². The standard InChI is InChI=1S/C23H42N4O4/c1-4-7-11-27(22(29)24-10-12-26(5-2)6-3)21(28)19-15-18-16-23(30-13-14-31-23)9-8-20(18)25-17-19/h18-20,25H,4-17H2,1-3H3,(H,24,29)/t18-,19-,20-/m1/s1. The Hall–Kier alpha value is -1.22. The predicted molar refractivity (Wildman–Crippen MR) is 120 cm³/mol. The largest absolute Gasteiger partial charge is 0.348 e. The maximum Gasteiger partial charge on any atom is 0.324 e. The molecule has 0 bridgehead atoms. The zero-order valence-electron chi connectivity index (χ0n) is 19.7. The van der Waals surface area contributed by atoms with Crippen molar-refractivity contribution in [1.82, 2.24) is 20.4 Å². The summed E-state index contributed by atoms with van der Waals surface area (Å²) in [6.07, 6.45) is 5.32. The van der Waals surface area contributed by atoms with Gasteiger partial charge in [0.05, 0.1) is 19.1 Å². The van der Waals surface area contributed by atoms with Gasteiger partial charge in [-0.1, -0.05) is 27.2 Å². The number of carbonyl (C=O) groups excluding carboxylic acids is 2. The summed E-state index contributed by atoms with van der Waals surface area (Å²) in [7, 11) is 0. The number of nitrogens with zero attached hydrogens (tertiary/aromatic N) is 2. The van der Waals surface area contributed by atoms with Gasteiger partial charge in [0.1, 0.15) is 0 Å². The van der Waals surface area contributed by atoms with Crippen LogP contribution in [0, 0.1) is 11.8 Å². The second kappa shape index (κ2) is 11.6. The molecule has 2 saturated heterocycles. The van der Waals surface area contributed by atoms with Crippen molar-refractivity contribution in [2.75, 3.05) is 52.5 Å². The number of rotatable bonds is 9. The number of hydrogen-bond acceptors (Lipinski definition) is 6. The molecule has 0 aromatic heterocycles. The highest BCUT2D eigenvalue weighted by molar-refractivity contribution is 5.95. The number of unbranched alkanes of at least 4 members (excludes halogenated alkanes) is 1. The smallest absolute Gasteiger partial charge is 0.324 e. The van der Waals surface area contributed by atoms with Gasteiger partial charge in [-0.2, -0.15) is 0 Å². The highest BCUT2D eigenvalue weighted by Crippen LogP contribution is 2.42. The Morgan fingerprint density at radius 2 is 1.87 bits per heavy atom. The first-order valence-electron chi connectivity index (χ1n) is 12.3. The molecule has 3 aliphatic rings. The lowest BCUT2D eigenvalue weighted by atomic mass is 9.73. The first-order chi connectivity index (χ1) is 15.0. The summed E-state index contributed by atoms with van der Waals surface area (Å²) in [6, 6.07) is 0.157. The topological polar surface area (TPSA) is 83.1 Å². The molecule has 31 heavy (non-hydrogen) atoms. The third-order valence-corrected chi connectivity index (χ3v) is 7.20. The Kier molecular flexibility index (Phi) is 9.13. The molecule has 3 amide bonds. The van der Waals surface area contributed by atoms with E-state index in [4.69, 9.17) is 9.47 Å². The number of imide groups is 1. The molecule has 0 radical (unpaired) electrons. The van der Waals surface area contributed by atoms with Crippen molar-refractivity contribution in [3.05, 3.63) is 0 Å². The van der Waals surface area contributed by atoms with Crippen LogP contribution in [0.2, 0.25) is 0 Å². The first-order valence-corrected chi connectivity index (χ1v) is 12.3. The fourth-order valence-corrected chi connectivity index (χ4v) is 5.27. The molecule has 3 fully saturated rings. The SMILES string of the molecule is CCCCN(C(=O)NCCN(CC)CC)C(=O)[C@H]1CN[C@@H]2CCC3(C[C@H]2C1)OCCO3. The van der Waals surface area contributed by atoms with Gasteiger partial charge < -0.3 is 25.0 Å². The van der Waals surface area contributed by atoms with Crippen molar-refractivity contribution in [3.63, 3.8) is 0 Å². The van der Waals surface area contributed by atoms with E-state index in [-0.39, 0.29) is 17.9 Å². The molecule has 0 unspecified atom stereocenters. The summed E-state index contributed by atoms with van der Waals surface area (Å²) in [5, 5.41) is 6.56. The number of amides is 3. The molecule has 1 saturated carbocycles. The van der Waals surface area contributed by atoms with E-state index in [9.17, 15) is 9.59 Å². The molecule has 3 rings (SSSR count). The zero-order valence-corrected chi connectivity index (χ0v) is 19.7. The molecule has 1 aliphatic carbocycles. The maximum absolute atomic E-state index is 13.4. The van der Waals surface area contributed by atoms with E-state index in [1.54, 1.807) is 0 Å². The molecule has 2 heterocycles. The molecule has 8 nitrogen and oxygen atoms in total. The van der Waals surface area contributed by atoms with Crippen LogP contribution in [0.25, 0.3) is 0 Å². The van der Waals surface area contributed by atoms with E-state index >= 15 is 0 Å². The summed E-state index contributed by atoms with van der Waals surface area (Å²) >= 11 is 0. The molecule has 8 heteroatoms. The average Bonchev–Trinajstić information content (AvgIpc) is 3.23. The summed E-state index contributed by atoms with van der Waals surface area (Å²) in [5.41, 5.74) is 0. The van der Waals surface area contributed by atoms with Crippen molar-refractivity contribution in [2.24, 2.45) is 11.8 Å². The number of fused-ring (bicyclic) bond motifs is 1. The van der Waals surface area contributed by atoms with E-state index < -0.39 is 5.79 Å². The van der Waals surface area contributed by atoms with Gasteiger partial charge in [-0.3, -0.25) is 9.69 Å². The second-order valence-electron chi connectivity index (χ2n) is 9.16. The summed E-state index contributed by atoms with van der Waals surface area (Å²) in [4.78, 5) is 30.0. The van der Waals surface area contributed by atoms with Gasteiger partial charge in [0.2, 0.25) is 5.91 Å². The fraction of sp³-hybridized carbons (Fsp3) is 0.913. The van der Waals surface area contributed by atoms with Crippen LogP contribution in [-0.4, -0.2) is 86.0 Å². The molecule has 0 aromatic carbocycles. The second-order valence-corrected chi connectivity index (χ2v) is 9.16.